The maximum Gasteiger partial charge on any atom is 0.349 e. The fourth-order valence-corrected chi connectivity index (χ4v) is 4.30. The molecular weight excluding hydrogens is 318 g/mol. The molecule has 21 heavy (non-hydrogen) atoms. The Morgan fingerprint density at radius 1 is 1.33 bits per heavy atom. The van der Waals surface area contributed by atoms with Gasteiger partial charge in [-0.2, -0.15) is 4.31 Å². The normalized spacial score (nSPS) is 11.4. The molecule has 0 N–H and O–H groups in total. The minimum atomic E-state index is -3.96. The number of thiophene rings is 1. The number of rotatable bonds is 7. The molecule has 0 atom stereocenters. The van der Waals surface area contributed by atoms with E-state index in [0.29, 0.717) is 0 Å². The van der Waals surface area contributed by atoms with Crippen LogP contribution in [0.25, 0.3) is 0 Å². The quantitative estimate of drug-likeness (QED) is 0.693. The first-order valence-electron chi connectivity index (χ1n) is 6.20. The van der Waals surface area contributed by atoms with Crippen LogP contribution < -0.4 is 0 Å². The van der Waals surface area contributed by atoms with Crippen LogP contribution in [-0.4, -0.2) is 51.5 Å². The third kappa shape index (κ3) is 4.02. The average Bonchev–Trinajstić information content (AvgIpc) is 2.94. The Morgan fingerprint density at radius 3 is 2.52 bits per heavy atom. The zero-order chi connectivity index (χ0) is 16.0. The zero-order valence-corrected chi connectivity index (χ0v) is 13.6. The van der Waals surface area contributed by atoms with Gasteiger partial charge in [0, 0.05) is 6.54 Å². The second-order valence-electron chi connectivity index (χ2n) is 3.84. The molecule has 0 bridgehead atoms. The highest BCUT2D eigenvalue weighted by molar-refractivity contribution is 7.89. The second kappa shape index (κ2) is 7.53. The van der Waals surface area contributed by atoms with Crippen molar-refractivity contribution in [2.24, 2.45) is 0 Å². The Hall–Kier alpha value is -1.45. The van der Waals surface area contributed by atoms with Crippen LogP contribution in [0.5, 0.6) is 0 Å². The minimum Gasteiger partial charge on any atom is -0.465 e. The van der Waals surface area contributed by atoms with Gasteiger partial charge in [-0.15, -0.1) is 11.3 Å². The maximum atomic E-state index is 12.5. The summed E-state index contributed by atoms with van der Waals surface area (Å²) in [6.45, 7) is 3.08. The molecule has 0 unspecified atom stereocenters. The van der Waals surface area contributed by atoms with Gasteiger partial charge < -0.3 is 9.47 Å². The predicted octanol–water partition coefficient (Wildman–Crippen LogP) is 1.11. The number of hydrogen-bond donors (Lipinski definition) is 0. The molecule has 7 nitrogen and oxygen atoms in total. The Morgan fingerprint density at radius 2 is 2.00 bits per heavy atom. The number of ether oxygens (including phenoxy) is 2. The highest BCUT2D eigenvalue weighted by Crippen LogP contribution is 2.25. The zero-order valence-electron chi connectivity index (χ0n) is 12.0. The molecule has 0 fully saturated rings. The van der Waals surface area contributed by atoms with Crippen molar-refractivity contribution in [2.75, 3.05) is 26.8 Å². The number of carbonyl (C=O) groups is 2. The van der Waals surface area contributed by atoms with Crippen LogP contribution in [0.1, 0.15) is 23.5 Å². The number of sulfonamides is 1. The summed E-state index contributed by atoms with van der Waals surface area (Å²) in [5, 5.41) is 1.48. The van der Waals surface area contributed by atoms with Crippen LogP contribution in [0.3, 0.4) is 0 Å². The molecule has 0 aliphatic carbocycles. The standard InChI is InChI=1S/C12H17NO6S2/c1-4-13(8-10(14)19-5-2)21(16,17)9-6-7-20-11(9)12(15)18-3/h6-7H,4-5,8H2,1-3H3. The van der Waals surface area contributed by atoms with Crippen LogP contribution in [0.4, 0.5) is 0 Å². The molecule has 0 spiro atoms. The average molecular weight is 335 g/mol. The van der Waals surface area contributed by atoms with E-state index >= 15 is 0 Å². The van der Waals surface area contributed by atoms with E-state index in [1.807, 2.05) is 0 Å². The maximum absolute atomic E-state index is 12.5. The van der Waals surface area contributed by atoms with Crippen LogP contribution >= 0.6 is 11.3 Å². The molecule has 1 heterocycles. The van der Waals surface area contributed by atoms with Crippen LogP contribution in [0.2, 0.25) is 0 Å². The molecule has 118 valence electrons. The number of likely N-dealkylation sites (N-methyl/N-ethyl adjacent to an activating group) is 1. The van der Waals surface area contributed by atoms with Crippen LogP contribution in [0, 0.1) is 0 Å². The van der Waals surface area contributed by atoms with Gasteiger partial charge in [0.05, 0.1) is 13.7 Å². The van der Waals surface area contributed by atoms with Gasteiger partial charge in [-0.25, -0.2) is 13.2 Å². The van der Waals surface area contributed by atoms with Gasteiger partial charge in [0.2, 0.25) is 10.0 Å². The molecule has 0 saturated carbocycles. The Balaban J connectivity index is 3.11. The minimum absolute atomic E-state index is 0.0141. The van der Waals surface area contributed by atoms with Gasteiger partial charge in [0.25, 0.3) is 0 Å². The number of esters is 2. The molecule has 0 radical (unpaired) electrons. The molecule has 1 aromatic rings. The van der Waals surface area contributed by atoms with Crippen molar-refractivity contribution >= 4 is 33.3 Å². The van der Waals surface area contributed by atoms with Crippen molar-refractivity contribution in [1.29, 1.82) is 0 Å². The lowest BCUT2D eigenvalue weighted by Crippen LogP contribution is -2.36. The lowest BCUT2D eigenvalue weighted by atomic mass is 10.5. The molecule has 0 aliphatic heterocycles. The van der Waals surface area contributed by atoms with E-state index < -0.39 is 28.5 Å². The summed E-state index contributed by atoms with van der Waals surface area (Å²) in [6, 6.07) is 1.32. The predicted molar refractivity (Wildman–Crippen MR) is 76.7 cm³/mol. The van der Waals surface area contributed by atoms with E-state index in [9.17, 15) is 18.0 Å². The van der Waals surface area contributed by atoms with E-state index in [2.05, 4.69) is 4.74 Å². The summed E-state index contributed by atoms with van der Waals surface area (Å²) < 4.78 is 35.3. The van der Waals surface area contributed by atoms with Gasteiger partial charge in [-0.3, -0.25) is 4.79 Å². The molecule has 0 saturated heterocycles. The lowest BCUT2D eigenvalue weighted by molar-refractivity contribution is -0.143. The Labute approximate surface area is 127 Å². The summed E-state index contributed by atoms with van der Waals surface area (Å²) in [5.41, 5.74) is 0. The number of carbonyl (C=O) groups excluding carboxylic acids is 2. The van der Waals surface area contributed by atoms with Crippen molar-refractivity contribution < 1.29 is 27.5 Å². The molecule has 0 aromatic carbocycles. The summed E-state index contributed by atoms with van der Waals surface area (Å²) in [6.07, 6.45) is 0. The molecule has 1 rings (SSSR count). The molecular formula is C12H17NO6S2. The van der Waals surface area contributed by atoms with Crippen molar-refractivity contribution in [3.63, 3.8) is 0 Å². The van der Waals surface area contributed by atoms with Gasteiger partial charge >= 0.3 is 11.9 Å². The highest BCUT2D eigenvalue weighted by atomic mass is 32.2. The van der Waals surface area contributed by atoms with E-state index in [0.717, 1.165) is 15.6 Å². The number of hydrogen-bond acceptors (Lipinski definition) is 7. The van der Waals surface area contributed by atoms with E-state index in [-0.39, 0.29) is 22.9 Å². The summed E-state index contributed by atoms with van der Waals surface area (Å²) in [5.74, 6) is -1.37. The van der Waals surface area contributed by atoms with Gasteiger partial charge in [0.1, 0.15) is 16.3 Å². The molecule has 9 heteroatoms. The van der Waals surface area contributed by atoms with Crippen LogP contribution in [0.15, 0.2) is 16.3 Å². The fourth-order valence-electron chi connectivity index (χ4n) is 1.60. The first-order valence-corrected chi connectivity index (χ1v) is 8.52. The van der Waals surface area contributed by atoms with Crippen LogP contribution in [-0.2, 0) is 24.3 Å². The van der Waals surface area contributed by atoms with Gasteiger partial charge in [0.15, 0.2) is 0 Å². The second-order valence-corrected chi connectivity index (χ2v) is 6.66. The van der Waals surface area contributed by atoms with E-state index in [1.54, 1.807) is 13.8 Å². The Kier molecular flexibility index (Phi) is 6.31. The summed E-state index contributed by atoms with van der Waals surface area (Å²) in [4.78, 5) is 22.9. The lowest BCUT2D eigenvalue weighted by Gasteiger charge is -2.19. The SMILES string of the molecule is CCOC(=O)CN(CC)S(=O)(=O)c1ccsc1C(=O)OC. The van der Waals surface area contributed by atoms with E-state index in [4.69, 9.17) is 4.74 Å². The number of nitrogens with zero attached hydrogens (tertiary/aromatic N) is 1. The van der Waals surface area contributed by atoms with Gasteiger partial charge in [-0.05, 0) is 18.4 Å². The van der Waals surface area contributed by atoms with Crippen molar-refractivity contribution in [2.45, 2.75) is 18.7 Å². The number of methoxy groups -OCH3 is 1. The van der Waals surface area contributed by atoms with Crippen molar-refractivity contribution in [3.05, 3.63) is 16.3 Å². The van der Waals surface area contributed by atoms with E-state index in [1.165, 1.54) is 18.6 Å². The van der Waals surface area contributed by atoms with Gasteiger partial charge in [-0.1, -0.05) is 6.92 Å². The van der Waals surface area contributed by atoms with Crippen molar-refractivity contribution in [1.82, 2.24) is 4.31 Å². The third-order valence-electron chi connectivity index (χ3n) is 2.58. The fraction of sp³-hybridized carbons (Fsp3) is 0.500. The topological polar surface area (TPSA) is 90.0 Å². The third-order valence-corrected chi connectivity index (χ3v) is 5.57. The largest absolute Gasteiger partial charge is 0.465 e. The molecule has 0 amide bonds. The first-order chi connectivity index (χ1) is 9.88. The van der Waals surface area contributed by atoms with Crippen molar-refractivity contribution in [3.8, 4) is 0 Å². The Bertz CT molecular complexity index is 607. The molecule has 1 aromatic heterocycles. The molecule has 0 aliphatic rings. The first kappa shape index (κ1) is 17.6. The monoisotopic (exact) mass is 335 g/mol. The smallest absolute Gasteiger partial charge is 0.349 e. The highest BCUT2D eigenvalue weighted by Gasteiger charge is 2.31. The summed E-state index contributed by atoms with van der Waals surface area (Å²) in [7, 11) is -2.79. The summed E-state index contributed by atoms with van der Waals surface area (Å²) >= 11 is 0.970.